The molecule has 0 saturated heterocycles. The van der Waals surface area contributed by atoms with Crippen LogP contribution in [0.15, 0.2) is 58.3 Å². The van der Waals surface area contributed by atoms with Crippen molar-refractivity contribution in [2.75, 3.05) is 5.32 Å². The predicted octanol–water partition coefficient (Wildman–Crippen LogP) is 3.24. The van der Waals surface area contributed by atoms with Crippen LogP contribution in [0.25, 0.3) is 0 Å². The van der Waals surface area contributed by atoms with E-state index >= 15 is 0 Å². The summed E-state index contributed by atoms with van der Waals surface area (Å²) < 4.78 is 0. The van der Waals surface area contributed by atoms with Crippen molar-refractivity contribution in [3.05, 3.63) is 64.3 Å². The largest absolute Gasteiger partial charge is 0.350 e. The number of rotatable bonds is 0. The summed E-state index contributed by atoms with van der Waals surface area (Å²) >= 11 is 0. The molecule has 2 aromatic carbocycles. The van der Waals surface area contributed by atoms with Gasteiger partial charge in [-0.1, -0.05) is 30.3 Å². The van der Waals surface area contributed by atoms with E-state index in [4.69, 9.17) is 0 Å². The lowest BCUT2D eigenvalue weighted by molar-refractivity contribution is 1.49. The van der Waals surface area contributed by atoms with Gasteiger partial charge in [-0.25, -0.2) is 0 Å². The molecule has 1 aliphatic rings. The zero-order valence-electron chi connectivity index (χ0n) is 9.97. The highest BCUT2D eigenvalue weighted by molar-refractivity contribution is 6.07. The first-order valence-corrected chi connectivity index (χ1v) is 5.81. The van der Waals surface area contributed by atoms with Gasteiger partial charge in [0.25, 0.3) is 0 Å². The fourth-order valence-electron chi connectivity index (χ4n) is 2.08. The van der Waals surface area contributed by atoms with Gasteiger partial charge in [-0.2, -0.15) is 0 Å². The third-order valence-electron chi connectivity index (χ3n) is 2.98. The lowest BCUT2D eigenvalue weighted by atomic mass is 10.1. The van der Waals surface area contributed by atoms with Crippen molar-refractivity contribution >= 4 is 22.8 Å². The molecular weight excluding hydrogens is 224 g/mol. The molecule has 18 heavy (non-hydrogen) atoms. The molecular formula is C15H12N2O. The Kier molecular flexibility index (Phi) is 2.45. The Bertz CT molecular complexity index is 705. The first kappa shape index (κ1) is 10.7. The molecule has 0 spiro atoms. The van der Waals surface area contributed by atoms with E-state index in [1.165, 1.54) is 0 Å². The molecule has 88 valence electrons. The average Bonchev–Trinajstić information content (AvgIpc) is 2.62. The number of hydrogen-bond acceptors (Lipinski definition) is 3. The molecule has 2 aromatic rings. The van der Waals surface area contributed by atoms with Crippen LogP contribution in [-0.4, -0.2) is 5.71 Å². The van der Waals surface area contributed by atoms with E-state index in [0.717, 1.165) is 22.6 Å². The van der Waals surface area contributed by atoms with Crippen molar-refractivity contribution in [2.45, 2.75) is 6.92 Å². The summed E-state index contributed by atoms with van der Waals surface area (Å²) in [5.74, 6) is 0. The van der Waals surface area contributed by atoms with Crippen LogP contribution in [-0.2, 0) is 0 Å². The minimum Gasteiger partial charge on any atom is -0.350 e. The Morgan fingerprint density at radius 1 is 1.00 bits per heavy atom. The minimum absolute atomic E-state index is 0.0266. The summed E-state index contributed by atoms with van der Waals surface area (Å²) in [6.07, 6.45) is 0. The molecule has 0 amide bonds. The Labute approximate surface area is 105 Å². The highest BCUT2D eigenvalue weighted by atomic mass is 16.1. The van der Waals surface area contributed by atoms with Crippen molar-refractivity contribution in [1.82, 2.24) is 0 Å². The highest BCUT2D eigenvalue weighted by Crippen LogP contribution is 2.31. The molecule has 0 saturated carbocycles. The van der Waals surface area contributed by atoms with Crippen molar-refractivity contribution < 1.29 is 0 Å². The maximum absolute atomic E-state index is 12.1. The second-order valence-electron chi connectivity index (χ2n) is 4.21. The zero-order chi connectivity index (χ0) is 12.5. The topological polar surface area (TPSA) is 41.5 Å². The first-order valence-electron chi connectivity index (χ1n) is 5.81. The number of benzene rings is 1. The van der Waals surface area contributed by atoms with Crippen LogP contribution < -0.4 is 10.7 Å². The normalized spacial score (nSPS) is 12.6. The Morgan fingerprint density at radius 2 is 1.72 bits per heavy atom. The van der Waals surface area contributed by atoms with Crippen LogP contribution in [0, 0.1) is 0 Å². The van der Waals surface area contributed by atoms with Gasteiger partial charge in [0, 0.05) is 11.3 Å². The second-order valence-corrected chi connectivity index (χ2v) is 4.21. The maximum Gasteiger partial charge on any atom is 0.202 e. The molecule has 0 aromatic heterocycles. The molecule has 1 heterocycles. The Morgan fingerprint density at radius 3 is 2.61 bits per heavy atom. The van der Waals surface area contributed by atoms with Gasteiger partial charge in [-0.3, -0.25) is 9.79 Å². The van der Waals surface area contributed by atoms with Crippen molar-refractivity contribution in [1.29, 1.82) is 0 Å². The molecule has 3 rings (SSSR count). The van der Waals surface area contributed by atoms with Gasteiger partial charge in [0.15, 0.2) is 0 Å². The number of para-hydroxylation sites is 2. The van der Waals surface area contributed by atoms with Gasteiger partial charge in [-0.05, 0) is 25.1 Å². The molecule has 0 atom stereocenters. The van der Waals surface area contributed by atoms with Gasteiger partial charge in [-0.15, -0.1) is 0 Å². The standard InChI is InChI=1S/C15H12N2O/c1-10-11-6-2-5-9-14(18)15(11)17-13-8-4-3-7-12(13)16-10/h2-9,17H,1H3. The molecule has 3 heteroatoms. The summed E-state index contributed by atoms with van der Waals surface area (Å²) in [7, 11) is 0. The number of nitrogens with one attached hydrogen (secondary N) is 1. The number of fused-ring (bicyclic) bond motifs is 2. The van der Waals surface area contributed by atoms with E-state index in [1.54, 1.807) is 12.1 Å². The van der Waals surface area contributed by atoms with Crippen molar-refractivity contribution in [3.8, 4) is 0 Å². The maximum atomic E-state index is 12.1. The average molecular weight is 236 g/mol. The Balaban J connectivity index is 2.35. The van der Waals surface area contributed by atoms with E-state index in [0.29, 0.717) is 5.69 Å². The number of aliphatic imine (C=N–C) groups is 1. The van der Waals surface area contributed by atoms with Crippen molar-refractivity contribution in [2.24, 2.45) is 4.99 Å². The third kappa shape index (κ3) is 1.70. The van der Waals surface area contributed by atoms with Gasteiger partial charge < -0.3 is 5.32 Å². The third-order valence-corrected chi connectivity index (χ3v) is 2.98. The molecule has 0 radical (unpaired) electrons. The summed E-state index contributed by atoms with van der Waals surface area (Å²) in [6, 6.07) is 14.8. The van der Waals surface area contributed by atoms with E-state index in [-0.39, 0.29) is 5.43 Å². The van der Waals surface area contributed by atoms with Gasteiger partial charge in [0.1, 0.15) is 0 Å². The van der Waals surface area contributed by atoms with Crippen LogP contribution >= 0.6 is 0 Å². The Hall–Kier alpha value is -2.42. The molecule has 3 nitrogen and oxygen atoms in total. The quantitative estimate of drug-likeness (QED) is 0.762. The van der Waals surface area contributed by atoms with Crippen LogP contribution in [0.5, 0.6) is 0 Å². The highest BCUT2D eigenvalue weighted by Gasteiger charge is 2.14. The van der Waals surface area contributed by atoms with E-state index < -0.39 is 0 Å². The minimum atomic E-state index is -0.0266. The van der Waals surface area contributed by atoms with E-state index in [9.17, 15) is 4.79 Å². The fourth-order valence-corrected chi connectivity index (χ4v) is 2.08. The molecule has 0 bridgehead atoms. The molecule has 1 aliphatic heterocycles. The van der Waals surface area contributed by atoms with Crippen molar-refractivity contribution in [3.63, 3.8) is 0 Å². The lowest BCUT2D eigenvalue weighted by Crippen LogP contribution is -2.08. The smallest absolute Gasteiger partial charge is 0.202 e. The summed E-state index contributed by atoms with van der Waals surface area (Å²) in [5, 5.41) is 3.19. The van der Waals surface area contributed by atoms with Gasteiger partial charge in [0.2, 0.25) is 5.43 Å². The summed E-state index contributed by atoms with van der Waals surface area (Å²) in [5.41, 5.74) is 3.97. The predicted molar refractivity (Wildman–Crippen MR) is 74.3 cm³/mol. The zero-order valence-corrected chi connectivity index (χ0v) is 9.97. The molecule has 0 unspecified atom stereocenters. The van der Waals surface area contributed by atoms with E-state index in [1.807, 2.05) is 43.3 Å². The lowest BCUT2D eigenvalue weighted by Gasteiger charge is -2.05. The van der Waals surface area contributed by atoms with Crippen LogP contribution in [0.3, 0.4) is 0 Å². The number of anilines is 2. The molecule has 0 aliphatic carbocycles. The van der Waals surface area contributed by atoms with Crippen LogP contribution in [0.2, 0.25) is 0 Å². The van der Waals surface area contributed by atoms with Crippen LogP contribution in [0.1, 0.15) is 12.5 Å². The molecule has 0 fully saturated rings. The monoisotopic (exact) mass is 236 g/mol. The summed E-state index contributed by atoms with van der Waals surface area (Å²) in [6.45, 7) is 1.92. The number of hydrogen-bond donors (Lipinski definition) is 1. The molecule has 1 N–H and O–H groups in total. The summed E-state index contributed by atoms with van der Waals surface area (Å²) in [4.78, 5) is 16.6. The van der Waals surface area contributed by atoms with Gasteiger partial charge >= 0.3 is 0 Å². The van der Waals surface area contributed by atoms with Crippen LogP contribution in [0.4, 0.5) is 17.1 Å². The first-order chi connectivity index (χ1) is 8.75. The SMILES string of the molecule is CC1=Nc2ccccc2Nc2c1ccccc2=O. The van der Waals surface area contributed by atoms with Gasteiger partial charge in [0.05, 0.1) is 17.1 Å². The second kappa shape index (κ2) is 4.11. The fraction of sp³-hybridized carbons (Fsp3) is 0.0667. The number of nitrogens with zero attached hydrogens (tertiary/aromatic N) is 1. The van der Waals surface area contributed by atoms with E-state index in [2.05, 4.69) is 10.3 Å².